The highest BCUT2D eigenvalue weighted by Crippen LogP contribution is 2.05. The van der Waals surface area contributed by atoms with Crippen LogP contribution in [0.2, 0.25) is 0 Å². The van der Waals surface area contributed by atoms with Gasteiger partial charge in [0.25, 0.3) is 0 Å². The van der Waals surface area contributed by atoms with Gasteiger partial charge in [-0.05, 0) is 12.8 Å². The molecule has 0 atom stereocenters. The van der Waals surface area contributed by atoms with E-state index in [0.29, 0.717) is 0 Å². The van der Waals surface area contributed by atoms with Crippen LogP contribution in [0, 0.1) is 5.92 Å². The molecule has 0 aromatic heterocycles. The lowest BCUT2D eigenvalue weighted by atomic mass is 10.1. The van der Waals surface area contributed by atoms with Crippen molar-refractivity contribution in [2.75, 3.05) is 0 Å². The van der Waals surface area contributed by atoms with E-state index in [4.69, 9.17) is 10.2 Å². The Labute approximate surface area is 76.9 Å². The maximum atomic E-state index is 10.4. The van der Waals surface area contributed by atoms with Gasteiger partial charge in [0.15, 0.2) is 5.92 Å². The van der Waals surface area contributed by atoms with Crippen molar-refractivity contribution in [2.45, 2.75) is 26.2 Å². The Kier molecular flexibility index (Phi) is 5.59. The Hall–Kier alpha value is -1.32. The van der Waals surface area contributed by atoms with Crippen LogP contribution in [-0.2, 0) is 9.59 Å². The van der Waals surface area contributed by atoms with Crippen LogP contribution in [0.25, 0.3) is 0 Å². The first-order valence-electron chi connectivity index (χ1n) is 4.20. The van der Waals surface area contributed by atoms with E-state index in [1.165, 1.54) is 0 Å². The third-order valence-corrected chi connectivity index (χ3v) is 1.59. The minimum Gasteiger partial charge on any atom is -0.481 e. The zero-order valence-electron chi connectivity index (χ0n) is 7.56. The molecule has 0 aliphatic carbocycles. The first-order chi connectivity index (χ1) is 6.09. The van der Waals surface area contributed by atoms with Crippen molar-refractivity contribution >= 4 is 11.9 Å². The number of aliphatic carboxylic acids is 2. The van der Waals surface area contributed by atoms with E-state index in [1.54, 1.807) is 12.2 Å². The second kappa shape index (κ2) is 6.22. The predicted molar refractivity (Wildman–Crippen MR) is 47.4 cm³/mol. The molecular formula is C9H14O4. The number of hydrogen-bond acceptors (Lipinski definition) is 2. The summed E-state index contributed by atoms with van der Waals surface area (Å²) in [6.07, 6.45) is 5.30. The van der Waals surface area contributed by atoms with E-state index >= 15 is 0 Å². The summed E-state index contributed by atoms with van der Waals surface area (Å²) >= 11 is 0. The fraction of sp³-hybridized carbons (Fsp3) is 0.556. The Morgan fingerprint density at radius 3 is 2.15 bits per heavy atom. The largest absolute Gasteiger partial charge is 0.481 e. The molecule has 0 aliphatic heterocycles. The Morgan fingerprint density at radius 1 is 1.23 bits per heavy atom. The normalized spacial score (nSPS) is 10.9. The summed E-state index contributed by atoms with van der Waals surface area (Å²) in [6.45, 7) is 2.00. The summed E-state index contributed by atoms with van der Waals surface area (Å²) in [7, 11) is 0. The second-order valence-electron chi connectivity index (χ2n) is 2.72. The molecule has 0 bridgehead atoms. The van der Waals surface area contributed by atoms with Crippen molar-refractivity contribution in [3.05, 3.63) is 12.2 Å². The third-order valence-electron chi connectivity index (χ3n) is 1.59. The van der Waals surface area contributed by atoms with E-state index in [-0.39, 0.29) is 6.42 Å². The molecule has 0 spiro atoms. The quantitative estimate of drug-likeness (QED) is 0.487. The van der Waals surface area contributed by atoms with Gasteiger partial charge in [-0.1, -0.05) is 25.5 Å². The molecule has 2 N–H and O–H groups in total. The zero-order chi connectivity index (χ0) is 10.3. The van der Waals surface area contributed by atoms with Crippen molar-refractivity contribution < 1.29 is 19.8 Å². The summed E-state index contributed by atoms with van der Waals surface area (Å²) in [5.41, 5.74) is 0. The molecule has 0 aliphatic rings. The summed E-state index contributed by atoms with van der Waals surface area (Å²) < 4.78 is 0. The third kappa shape index (κ3) is 5.00. The van der Waals surface area contributed by atoms with Crippen LogP contribution < -0.4 is 0 Å². The van der Waals surface area contributed by atoms with E-state index in [9.17, 15) is 9.59 Å². The van der Waals surface area contributed by atoms with Crippen LogP contribution in [0.1, 0.15) is 26.2 Å². The fourth-order valence-corrected chi connectivity index (χ4v) is 0.824. The lowest BCUT2D eigenvalue weighted by molar-refractivity contribution is -0.154. The smallest absolute Gasteiger partial charge is 0.318 e. The van der Waals surface area contributed by atoms with E-state index in [1.807, 2.05) is 6.92 Å². The molecule has 0 rings (SSSR count). The van der Waals surface area contributed by atoms with E-state index in [2.05, 4.69) is 0 Å². The maximum absolute atomic E-state index is 10.4. The molecule has 4 heteroatoms. The standard InChI is InChI=1S/C9H14O4/c1-2-3-4-5-6-7(8(10)11)9(12)13/h4-5,7H,2-3,6H2,1H3,(H,10,11)(H,12,13)/b5-4-. The molecule has 0 aromatic rings. The molecule has 74 valence electrons. The topological polar surface area (TPSA) is 74.6 Å². The lowest BCUT2D eigenvalue weighted by Crippen LogP contribution is -2.22. The van der Waals surface area contributed by atoms with Gasteiger partial charge in [0, 0.05) is 0 Å². The van der Waals surface area contributed by atoms with Crippen LogP contribution >= 0.6 is 0 Å². The highest BCUT2D eigenvalue weighted by Gasteiger charge is 2.23. The summed E-state index contributed by atoms with van der Waals surface area (Å²) in [6, 6.07) is 0. The summed E-state index contributed by atoms with van der Waals surface area (Å²) in [5.74, 6) is -3.88. The number of unbranched alkanes of at least 4 members (excludes halogenated alkanes) is 1. The van der Waals surface area contributed by atoms with E-state index < -0.39 is 17.9 Å². The molecule has 0 saturated carbocycles. The van der Waals surface area contributed by atoms with Gasteiger partial charge < -0.3 is 10.2 Å². The van der Waals surface area contributed by atoms with Crippen LogP contribution in [0.3, 0.4) is 0 Å². The number of carboxylic acid groups (broad SMARTS) is 2. The first-order valence-corrected chi connectivity index (χ1v) is 4.20. The SMILES string of the molecule is CCC/C=C\CC(C(=O)O)C(=O)O. The minimum absolute atomic E-state index is 0.0602. The molecule has 0 aromatic carbocycles. The molecule has 0 radical (unpaired) electrons. The average Bonchev–Trinajstić information content (AvgIpc) is 2.02. The molecule has 4 nitrogen and oxygen atoms in total. The lowest BCUT2D eigenvalue weighted by Gasteiger charge is -2.02. The van der Waals surface area contributed by atoms with E-state index in [0.717, 1.165) is 12.8 Å². The summed E-state index contributed by atoms with van der Waals surface area (Å²) in [5, 5.41) is 17.0. The molecule has 0 heterocycles. The van der Waals surface area contributed by atoms with Crippen LogP contribution in [0.4, 0.5) is 0 Å². The Balaban J connectivity index is 3.97. The van der Waals surface area contributed by atoms with Crippen molar-refractivity contribution in [1.82, 2.24) is 0 Å². The van der Waals surface area contributed by atoms with Gasteiger partial charge in [-0.2, -0.15) is 0 Å². The Bertz CT molecular complexity index is 194. The number of carboxylic acids is 2. The van der Waals surface area contributed by atoms with Gasteiger partial charge in [-0.3, -0.25) is 9.59 Å². The molecule has 0 saturated heterocycles. The monoisotopic (exact) mass is 186 g/mol. The van der Waals surface area contributed by atoms with Crippen LogP contribution in [0.15, 0.2) is 12.2 Å². The fourth-order valence-electron chi connectivity index (χ4n) is 0.824. The summed E-state index contributed by atoms with van der Waals surface area (Å²) in [4.78, 5) is 20.8. The minimum atomic E-state index is -1.31. The molecule has 13 heavy (non-hydrogen) atoms. The van der Waals surface area contributed by atoms with Gasteiger partial charge in [0.1, 0.15) is 0 Å². The number of allylic oxidation sites excluding steroid dienone is 2. The molecule has 0 unspecified atom stereocenters. The highest BCUT2D eigenvalue weighted by molar-refractivity contribution is 5.92. The van der Waals surface area contributed by atoms with Crippen molar-refractivity contribution in [1.29, 1.82) is 0 Å². The van der Waals surface area contributed by atoms with Crippen LogP contribution in [-0.4, -0.2) is 22.2 Å². The molecule has 0 fully saturated rings. The van der Waals surface area contributed by atoms with Gasteiger partial charge in [-0.15, -0.1) is 0 Å². The van der Waals surface area contributed by atoms with Crippen LogP contribution in [0.5, 0.6) is 0 Å². The number of rotatable bonds is 6. The van der Waals surface area contributed by atoms with Crippen molar-refractivity contribution in [3.63, 3.8) is 0 Å². The predicted octanol–water partition coefficient (Wildman–Crippen LogP) is 1.52. The number of carbonyl (C=O) groups is 2. The van der Waals surface area contributed by atoms with Gasteiger partial charge in [0.05, 0.1) is 0 Å². The zero-order valence-corrected chi connectivity index (χ0v) is 7.56. The second-order valence-corrected chi connectivity index (χ2v) is 2.72. The number of hydrogen-bond donors (Lipinski definition) is 2. The van der Waals surface area contributed by atoms with Crippen molar-refractivity contribution in [3.8, 4) is 0 Å². The maximum Gasteiger partial charge on any atom is 0.318 e. The molecular weight excluding hydrogens is 172 g/mol. The highest BCUT2D eigenvalue weighted by atomic mass is 16.4. The van der Waals surface area contributed by atoms with Gasteiger partial charge in [-0.25, -0.2) is 0 Å². The van der Waals surface area contributed by atoms with Gasteiger partial charge in [0.2, 0.25) is 0 Å². The van der Waals surface area contributed by atoms with Gasteiger partial charge >= 0.3 is 11.9 Å². The molecule has 0 amide bonds. The first kappa shape index (κ1) is 11.7. The Morgan fingerprint density at radius 2 is 1.77 bits per heavy atom. The average molecular weight is 186 g/mol. The van der Waals surface area contributed by atoms with Crippen molar-refractivity contribution in [2.24, 2.45) is 5.92 Å².